The van der Waals surface area contributed by atoms with Gasteiger partial charge in [0.1, 0.15) is 18.1 Å². The van der Waals surface area contributed by atoms with E-state index in [1.807, 2.05) is 73.7 Å². The number of rotatable bonds is 9. The first-order chi connectivity index (χ1) is 14.7. The van der Waals surface area contributed by atoms with Gasteiger partial charge in [0.15, 0.2) is 5.78 Å². The van der Waals surface area contributed by atoms with E-state index in [1.54, 1.807) is 0 Å². The van der Waals surface area contributed by atoms with Crippen LogP contribution in [0.5, 0.6) is 11.5 Å². The molecule has 5 heteroatoms. The highest BCUT2D eigenvalue weighted by Gasteiger charge is 2.16. The molecule has 1 unspecified atom stereocenters. The smallest absolute Gasteiger partial charge is 0.170 e. The Morgan fingerprint density at radius 3 is 2.50 bits per heavy atom. The summed E-state index contributed by atoms with van der Waals surface area (Å²) in [6, 6.07) is 21.5. The number of aromatic nitrogens is 1. The number of carbonyl (C=O) groups excluding carboxylic acids is 1. The number of hydrogen-bond donors (Lipinski definition) is 2. The molecule has 0 radical (unpaired) electrons. The maximum Gasteiger partial charge on any atom is 0.170 e. The summed E-state index contributed by atoms with van der Waals surface area (Å²) in [6.45, 7) is 2.09. The fourth-order valence-electron chi connectivity index (χ4n) is 3.63. The number of benzene rings is 3. The number of aryl methyl sites for hydroxylation is 1. The van der Waals surface area contributed by atoms with E-state index in [1.165, 1.54) is 0 Å². The maximum absolute atomic E-state index is 12.5. The number of H-pyrrole nitrogens is 1. The Balaban J connectivity index is 1.39. The van der Waals surface area contributed by atoms with E-state index >= 15 is 0 Å². The summed E-state index contributed by atoms with van der Waals surface area (Å²) >= 11 is 0. The molecule has 1 heterocycles. The number of Topliss-reactive ketones (excluding diaryl/α,β-unsaturated/α-hetero) is 1. The molecule has 0 saturated carbocycles. The van der Waals surface area contributed by atoms with Crippen LogP contribution in [0.3, 0.4) is 0 Å². The van der Waals surface area contributed by atoms with Crippen LogP contribution in [-0.2, 0) is 4.79 Å². The average Bonchev–Trinajstić information content (AvgIpc) is 3.15. The summed E-state index contributed by atoms with van der Waals surface area (Å²) in [4.78, 5) is 15.9. The quantitative estimate of drug-likeness (QED) is 0.427. The van der Waals surface area contributed by atoms with E-state index in [0.717, 1.165) is 33.1 Å². The topological polar surface area (TPSA) is 71.6 Å². The first kappa shape index (κ1) is 20.0. The van der Waals surface area contributed by atoms with Crippen molar-refractivity contribution in [3.8, 4) is 11.5 Å². The number of ether oxygens (including phenoxy) is 2. The van der Waals surface area contributed by atoms with Crippen LogP contribution in [0.15, 0.2) is 66.7 Å². The molecule has 4 rings (SSSR count). The van der Waals surface area contributed by atoms with Crippen LogP contribution < -0.4 is 9.47 Å². The highest BCUT2D eigenvalue weighted by Crippen LogP contribution is 2.33. The van der Waals surface area contributed by atoms with Crippen LogP contribution in [0.25, 0.3) is 21.8 Å². The number of ketones is 1. The van der Waals surface area contributed by atoms with Gasteiger partial charge in [-0.25, -0.2) is 0 Å². The molecule has 0 aliphatic rings. The molecule has 30 heavy (non-hydrogen) atoms. The molecule has 0 spiro atoms. The minimum absolute atomic E-state index is 0.0422. The monoisotopic (exact) mass is 403 g/mol. The summed E-state index contributed by atoms with van der Waals surface area (Å²) < 4.78 is 11.7. The summed E-state index contributed by atoms with van der Waals surface area (Å²) in [7, 11) is 0. The van der Waals surface area contributed by atoms with Crippen LogP contribution >= 0.6 is 0 Å². The SMILES string of the molecule is Cc1ccccc1OCC(CO)CC(=O)COc1cccc2[nH]c3ccccc3c12. The Hall–Kier alpha value is -3.31. The molecule has 0 amide bonds. The molecule has 0 fully saturated rings. The van der Waals surface area contributed by atoms with E-state index in [0.29, 0.717) is 5.75 Å². The molecular formula is C25H25NO4. The third-order valence-corrected chi connectivity index (χ3v) is 5.22. The van der Waals surface area contributed by atoms with Gasteiger partial charge in [-0.3, -0.25) is 4.79 Å². The fraction of sp³-hybridized carbons (Fsp3) is 0.240. The molecule has 154 valence electrons. The van der Waals surface area contributed by atoms with E-state index in [2.05, 4.69) is 4.98 Å². The highest BCUT2D eigenvalue weighted by atomic mass is 16.5. The minimum Gasteiger partial charge on any atom is -0.493 e. The van der Waals surface area contributed by atoms with E-state index < -0.39 is 0 Å². The molecule has 2 N–H and O–H groups in total. The Morgan fingerprint density at radius 2 is 1.67 bits per heavy atom. The van der Waals surface area contributed by atoms with Crippen molar-refractivity contribution in [3.05, 3.63) is 72.3 Å². The first-order valence-electron chi connectivity index (χ1n) is 10.1. The summed E-state index contributed by atoms with van der Waals surface area (Å²) in [5.41, 5.74) is 3.03. The molecule has 5 nitrogen and oxygen atoms in total. The largest absolute Gasteiger partial charge is 0.493 e. The number of aliphatic hydroxyl groups excluding tert-OH is 1. The highest BCUT2D eigenvalue weighted by molar-refractivity contribution is 6.10. The van der Waals surface area contributed by atoms with Gasteiger partial charge in [-0.2, -0.15) is 0 Å². The van der Waals surface area contributed by atoms with Crippen LogP contribution in [-0.4, -0.2) is 35.7 Å². The van der Waals surface area contributed by atoms with Gasteiger partial charge < -0.3 is 19.6 Å². The molecule has 3 aromatic carbocycles. The van der Waals surface area contributed by atoms with Gasteiger partial charge >= 0.3 is 0 Å². The molecule has 0 aliphatic carbocycles. The summed E-state index contributed by atoms with van der Waals surface area (Å²) in [6.07, 6.45) is 0.201. The lowest BCUT2D eigenvalue weighted by atomic mass is 10.0. The fourth-order valence-corrected chi connectivity index (χ4v) is 3.63. The Bertz CT molecular complexity index is 1160. The van der Waals surface area contributed by atoms with Crippen LogP contribution in [0.1, 0.15) is 12.0 Å². The molecule has 1 aromatic heterocycles. The minimum atomic E-state index is -0.274. The predicted octanol–water partition coefficient (Wildman–Crippen LogP) is 4.66. The van der Waals surface area contributed by atoms with Crippen LogP contribution in [0, 0.1) is 12.8 Å². The maximum atomic E-state index is 12.5. The van der Waals surface area contributed by atoms with E-state index in [4.69, 9.17) is 9.47 Å². The molecular weight excluding hydrogens is 378 g/mol. The van der Waals surface area contributed by atoms with Crippen molar-refractivity contribution < 1.29 is 19.4 Å². The summed E-state index contributed by atoms with van der Waals surface area (Å²) in [5.74, 6) is 1.10. The van der Waals surface area contributed by atoms with Gasteiger partial charge in [0.2, 0.25) is 0 Å². The Labute approximate surface area is 175 Å². The second-order valence-corrected chi connectivity index (χ2v) is 7.51. The lowest BCUT2D eigenvalue weighted by Gasteiger charge is -2.16. The molecule has 0 saturated heterocycles. The zero-order chi connectivity index (χ0) is 20.9. The number of carbonyl (C=O) groups is 1. The number of aromatic amines is 1. The number of aliphatic hydroxyl groups is 1. The molecule has 0 aliphatic heterocycles. The number of hydrogen-bond acceptors (Lipinski definition) is 4. The number of nitrogens with one attached hydrogen (secondary N) is 1. The number of fused-ring (bicyclic) bond motifs is 3. The predicted molar refractivity (Wildman–Crippen MR) is 118 cm³/mol. The normalized spacial score (nSPS) is 12.2. The Morgan fingerprint density at radius 1 is 0.933 bits per heavy atom. The van der Waals surface area contributed by atoms with Crippen molar-refractivity contribution in [3.63, 3.8) is 0 Å². The van der Waals surface area contributed by atoms with Gasteiger partial charge in [-0.05, 0) is 36.8 Å². The van der Waals surface area contributed by atoms with Crippen molar-refractivity contribution in [2.75, 3.05) is 19.8 Å². The standard InChI is InChI=1S/C25H25NO4/c1-17-7-2-5-11-23(17)29-15-18(14-27)13-19(28)16-30-24-12-6-10-22-25(24)20-8-3-4-9-21(20)26-22/h2-12,18,26-27H,13-16H2,1H3. The second-order valence-electron chi connectivity index (χ2n) is 7.51. The van der Waals surface area contributed by atoms with E-state index in [-0.39, 0.29) is 37.9 Å². The van der Waals surface area contributed by atoms with Crippen molar-refractivity contribution in [2.45, 2.75) is 13.3 Å². The third kappa shape index (κ3) is 4.31. The molecule has 1 atom stereocenters. The Kier molecular flexibility index (Phi) is 6.00. The van der Waals surface area contributed by atoms with Crippen molar-refractivity contribution in [1.29, 1.82) is 0 Å². The number of para-hydroxylation sites is 2. The van der Waals surface area contributed by atoms with Gasteiger partial charge in [-0.15, -0.1) is 0 Å². The average molecular weight is 403 g/mol. The second kappa shape index (κ2) is 9.01. The third-order valence-electron chi connectivity index (χ3n) is 5.22. The molecule has 0 bridgehead atoms. The zero-order valence-corrected chi connectivity index (χ0v) is 16.9. The van der Waals surface area contributed by atoms with Crippen molar-refractivity contribution in [2.24, 2.45) is 5.92 Å². The zero-order valence-electron chi connectivity index (χ0n) is 16.9. The lowest BCUT2D eigenvalue weighted by Crippen LogP contribution is -2.23. The molecule has 4 aromatic rings. The van der Waals surface area contributed by atoms with E-state index in [9.17, 15) is 9.90 Å². The van der Waals surface area contributed by atoms with Crippen LogP contribution in [0.2, 0.25) is 0 Å². The first-order valence-corrected chi connectivity index (χ1v) is 10.1. The lowest BCUT2D eigenvalue weighted by molar-refractivity contribution is -0.122. The van der Waals surface area contributed by atoms with Gasteiger partial charge in [0.05, 0.1) is 12.1 Å². The van der Waals surface area contributed by atoms with Crippen molar-refractivity contribution >= 4 is 27.6 Å². The van der Waals surface area contributed by atoms with Crippen LogP contribution in [0.4, 0.5) is 0 Å². The van der Waals surface area contributed by atoms with Gasteiger partial charge in [-0.1, -0.05) is 42.5 Å². The van der Waals surface area contributed by atoms with Gasteiger partial charge in [0.25, 0.3) is 0 Å². The van der Waals surface area contributed by atoms with Gasteiger partial charge in [0, 0.05) is 35.2 Å². The summed E-state index contributed by atoms with van der Waals surface area (Å²) in [5, 5.41) is 11.7. The van der Waals surface area contributed by atoms with Crippen molar-refractivity contribution in [1.82, 2.24) is 4.98 Å².